The molecule has 1 saturated heterocycles. The SMILES string of the molecule is O=C(c1ccc(CSc2nnnn2Cc2ccccc2)cc1)N1CCCC1. The Morgan fingerprint density at radius 2 is 1.70 bits per heavy atom. The second-order valence-electron chi connectivity index (χ2n) is 6.59. The van der Waals surface area contributed by atoms with Crippen LogP contribution in [0.2, 0.25) is 0 Å². The third-order valence-electron chi connectivity index (χ3n) is 4.64. The minimum Gasteiger partial charge on any atom is -0.339 e. The zero-order chi connectivity index (χ0) is 18.5. The average molecular weight is 379 g/mol. The minimum absolute atomic E-state index is 0.138. The summed E-state index contributed by atoms with van der Waals surface area (Å²) in [5, 5.41) is 12.8. The van der Waals surface area contributed by atoms with Gasteiger partial charge in [0.2, 0.25) is 5.16 Å². The van der Waals surface area contributed by atoms with Crippen molar-refractivity contribution in [1.29, 1.82) is 0 Å². The summed E-state index contributed by atoms with van der Waals surface area (Å²) in [6.45, 7) is 2.40. The highest BCUT2D eigenvalue weighted by atomic mass is 32.2. The van der Waals surface area contributed by atoms with Crippen LogP contribution in [0.5, 0.6) is 0 Å². The Balaban J connectivity index is 1.37. The second kappa shape index (κ2) is 8.35. The molecule has 0 unspecified atom stereocenters. The summed E-state index contributed by atoms with van der Waals surface area (Å²) in [7, 11) is 0. The Hall–Kier alpha value is -2.67. The molecule has 0 bridgehead atoms. The van der Waals surface area contributed by atoms with Gasteiger partial charge < -0.3 is 4.90 Å². The first-order valence-electron chi connectivity index (χ1n) is 9.11. The molecular weight excluding hydrogens is 358 g/mol. The molecule has 0 radical (unpaired) electrons. The number of aromatic nitrogens is 4. The van der Waals surface area contributed by atoms with Crippen LogP contribution in [0.3, 0.4) is 0 Å². The van der Waals surface area contributed by atoms with Gasteiger partial charge in [-0.1, -0.05) is 54.2 Å². The van der Waals surface area contributed by atoms with Crippen LogP contribution < -0.4 is 0 Å². The summed E-state index contributed by atoms with van der Waals surface area (Å²) in [5.41, 5.74) is 3.07. The molecule has 0 spiro atoms. The monoisotopic (exact) mass is 379 g/mol. The van der Waals surface area contributed by atoms with Gasteiger partial charge in [0.05, 0.1) is 6.54 Å². The average Bonchev–Trinajstić information content (AvgIpc) is 3.39. The number of nitrogens with zero attached hydrogens (tertiary/aromatic N) is 5. The number of amides is 1. The lowest BCUT2D eigenvalue weighted by Crippen LogP contribution is -2.27. The van der Waals surface area contributed by atoms with Crippen molar-refractivity contribution < 1.29 is 4.79 Å². The van der Waals surface area contributed by atoms with Crippen LogP contribution in [0, 0.1) is 0 Å². The van der Waals surface area contributed by atoms with Crippen molar-refractivity contribution in [3.8, 4) is 0 Å². The van der Waals surface area contributed by atoms with Gasteiger partial charge in [0.1, 0.15) is 0 Å². The van der Waals surface area contributed by atoms with Gasteiger partial charge >= 0.3 is 0 Å². The summed E-state index contributed by atoms with van der Waals surface area (Å²) in [6, 6.07) is 18.0. The van der Waals surface area contributed by atoms with Gasteiger partial charge in [-0.05, 0) is 46.5 Å². The van der Waals surface area contributed by atoms with Crippen LogP contribution in [0.25, 0.3) is 0 Å². The molecule has 1 aliphatic rings. The molecule has 1 amide bonds. The molecule has 7 heteroatoms. The smallest absolute Gasteiger partial charge is 0.253 e. The fraction of sp³-hybridized carbons (Fsp3) is 0.300. The predicted molar refractivity (Wildman–Crippen MR) is 105 cm³/mol. The molecule has 6 nitrogen and oxygen atoms in total. The van der Waals surface area contributed by atoms with Gasteiger partial charge in [0.25, 0.3) is 5.91 Å². The summed E-state index contributed by atoms with van der Waals surface area (Å²) in [5.74, 6) is 0.895. The molecule has 2 aromatic carbocycles. The van der Waals surface area contributed by atoms with Crippen molar-refractivity contribution in [2.24, 2.45) is 0 Å². The third kappa shape index (κ3) is 4.36. The van der Waals surface area contributed by atoms with E-state index in [2.05, 4.69) is 27.7 Å². The van der Waals surface area contributed by atoms with Crippen molar-refractivity contribution in [3.05, 3.63) is 71.3 Å². The molecule has 2 heterocycles. The van der Waals surface area contributed by atoms with Gasteiger partial charge in [-0.3, -0.25) is 4.79 Å². The molecule has 1 fully saturated rings. The van der Waals surface area contributed by atoms with Gasteiger partial charge in [-0.15, -0.1) is 5.10 Å². The summed E-state index contributed by atoms with van der Waals surface area (Å²) < 4.78 is 1.81. The van der Waals surface area contributed by atoms with Crippen LogP contribution in [-0.2, 0) is 12.3 Å². The van der Waals surface area contributed by atoms with Crippen LogP contribution >= 0.6 is 11.8 Å². The lowest BCUT2D eigenvalue weighted by molar-refractivity contribution is 0.0793. The van der Waals surface area contributed by atoms with Gasteiger partial charge in [-0.25, -0.2) is 4.68 Å². The quantitative estimate of drug-likeness (QED) is 0.615. The number of hydrogen-bond acceptors (Lipinski definition) is 5. The molecule has 1 aromatic heterocycles. The maximum Gasteiger partial charge on any atom is 0.253 e. The van der Waals surface area contributed by atoms with Gasteiger partial charge in [0.15, 0.2) is 0 Å². The molecule has 27 heavy (non-hydrogen) atoms. The maximum atomic E-state index is 12.4. The lowest BCUT2D eigenvalue weighted by atomic mass is 10.1. The molecule has 1 aliphatic heterocycles. The lowest BCUT2D eigenvalue weighted by Gasteiger charge is -2.15. The molecule has 0 N–H and O–H groups in total. The Bertz CT molecular complexity index is 888. The minimum atomic E-state index is 0.138. The van der Waals surface area contributed by atoms with Crippen LogP contribution in [0.15, 0.2) is 59.8 Å². The number of likely N-dealkylation sites (tertiary alicyclic amines) is 1. The summed E-state index contributed by atoms with van der Waals surface area (Å²) >= 11 is 1.60. The van der Waals surface area contributed by atoms with Gasteiger partial charge in [0, 0.05) is 24.4 Å². The Morgan fingerprint density at radius 3 is 2.44 bits per heavy atom. The largest absolute Gasteiger partial charge is 0.339 e. The first-order chi connectivity index (χ1) is 13.3. The highest BCUT2D eigenvalue weighted by Crippen LogP contribution is 2.21. The molecule has 0 atom stereocenters. The van der Waals surface area contributed by atoms with Crippen molar-refractivity contribution in [1.82, 2.24) is 25.1 Å². The number of tetrazole rings is 1. The van der Waals surface area contributed by atoms with Crippen molar-refractivity contribution >= 4 is 17.7 Å². The van der Waals surface area contributed by atoms with Crippen LogP contribution in [-0.4, -0.2) is 44.1 Å². The molecule has 4 rings (SSSR count). The van der Waals surface area contributed by atoms with E-state index >= 15 is 0 Å². The van der Waals surface area contributed by atoms with Crippen molar-refractivity contribution in [2.75, 3.05) is 13.1 Å². The second-order valence-corrected chi connectivity index (χ2v) is 7.53. The number of thioether (sulfide) groups is 1. The van der Waals surface area contributed by atoms with E-state index in [1.165, 1.54) is 0 Å². The molecule has 3 aromatic rings. The normalized spacial score (nSPS) is 13.9. The van der Waals surface area contributed by atoms with E-state index < -0.39 is 0 Å². The first kappa shape index (κ1) is 17.7. The topological polar surface area (TPSA) is 63.9 Å². The summed E-state index contributed by atoms with van der Waals surface area (Å²) in [4.78, 5) is 14.3. The predicted octanol–water partition coefficient (Wildman–Crippen LogP) is 3.25. The third-order valence-corrected chi connectivity index (χ3v) is 5.66. The number of benzene rings is 2. The van der Waals surface area contributed by atoms with E-state index in [1.807, 2.05) is 52.0 Å². The Labute approximate surface area is 162 Å². The van der Waals surface area contributed by atoms with E-state index in [9.17, 15) is 4.79 Å². The summed E-state index contributed by atoms with van der Waals surface area (Å²) in [6.07, 6.45) is 2.22. The van der Waals surface area contributed by atoms with E-state index in [-0.39, 0.29) is 5.91 Å². The van der Waals surface area contributed by atoms with E-state index in [1.54, 1.807) is 11.8 Å². The molecule has 138 valence electrons. The number of carbonyl (C=O) groups excluding carboxylic acids is 1. The fourth-order valence-corrected chi connectivity index (χ4v) is 3.98. The first-order valence-corrected chi connectivity index (χ1v) is 10.1. The van der Waals surface area contributed by atoms with E-state index in [4.69, 9.17) is 0 Å². The van der Waals surface area contributed by atoms with Gasteiger partial charge in [-0.2, -0.15) is 0 Å². The number of carbonyl (C=O) groups is 1. The standard InChI is InChI=1S/C20H21N5OS/c26-19(24-12-4-5-13-24)18-10-8-17(9-11-18)15-27-20-21-22-23-25(20)14-16-6-2-1-3-7-16/h1-3,6-11H,4-5,12-15H2. The highest BCUT2D eigenvalue weighted by Gasteiger charge is 2.19. The zero-order valence-corrected chi connectivity index (χ0v) is 15.8. The zero-order valence-electron chi connectivity index (χ0n) is 15.0. The fourth-order valence-electron chi connectivity index (χ4n) is 3.15. The van der Waals surface area contributed by atoms with E-state index in [0.717, 1.165) is 53.5 Å². The molecule has 0 saturated carbocycles. The number of hydrogen-bond donors (Lipinski definition) is 0. The van der Waals surface area contributed by atoms with Crippen LogP contribution in [0.1, 0.15) is 34.3 Å². The highest BCUT2D eigenvalue weighted by molar-refractivity contribution is 7.98. The van der Waals surface area contributed by atoms with Crippen molar-refractivity contribution in [2.45, 2.75) is 30.3 Å². The Morgan fingerprint density at radius 1 is 0.963 bits per heavy atom. The molecular formula is C20H21N5OS. The van der Waals surface area contributed by atoms with E-state index in [0.29, 0.717) is 6.54 Å². The number of rotatable bonds is 6. The maximum absolute atomic E-state index is 12.4. The van der Waals surface area contributed by atoms with Crippen molar-refractivity contribution in [3.63, 3.8) is 0 Å². The van der Waals surface area contributed by atoms with Crippen LogP contribution in [0.4, 0.5) is 0 Å². The Kier molecular flexibility index (Phi) is 5.48. The molecule has 0 aliphatic carbocycles.